The fourth-order valence-electron chi connectivity index (χ4n) is 7.44. The zero-order valence-electron chi connectivity index (χ0n) is 28.7. The van der Waals surface area contributed by atoms with Crippen LogP contribution in [0, 0.1) is 0 Å². The first kappa shape index (κ1) is 31.1. The van der Waals surface area contributed by atoms with Crippen molar-refractivity contribution in [2.24, 2.45) is 0 Å². The van der Waals surface area contributed by atoms with E-state index in [2.05, 4.69) is 78.9 Å². The summed E-state index contributed by atoms with van der Waals surface area (Å²) in [5.74, 6) is 3.98. The van der Waals surface area contributed by atoms with E-state index in [1.807, 2.05) is 48.5 Å². The van der Waals surface area contributed by atoms with Crippen LogP contribution < -0.4 is 23.7 Å². The SMILES string of the molecule is COc1ccc(-c2c(-c3ccc(OC)cc3)c3c(-c4ccc(OC)cc4)c(OC)c(-c4ccc(OC)cc4)c4ccc5cccc2c5c43)cc1. The Hall–Kier alpha value is -6.20. The van der Waals surface area contributed by atoms with Crippen molar-refractivity contribution in [2.45, 2.75) is 0 Å². The Morgan fingerprint density at radius 2 is 0.720 bits per heavy atom. The average molecular weight is 657 g/mol. The van der Waals surface area contributed by atoms with E-state index in [0.717, 1.165) is 84.0 Å². The van der Waals surface area contributed by atoms with Gasteiger partial charge < -0.3 is 23.7 Å². The Morgan fingerprint density at radius 3 is 1.18 bits per heavy atom. The monoisotopic (exact) mass is 656 g/mol. The Morgan fingerprint density at radius 1 is 0.300 bits per heavy atom. The summed E-state index contributed by atoms with van der Waals surface area (Å²) >= 11 is 0. The molecule has 246 valence electrons. The molecule has 0 spiro atoms. The number of hydrogen-bond donors (Lipinski definition) is 0. The third kappa shape index (κ3) is 4.93. The molecule has 8 aromatic rings. The summed E-state index contributed by atoms with van der Waals surface area (Å²) in [4.78, 5) is 0. The first-order chi connectivity index (χ1) is 24.6. The second-order valence-corrected chi connectivity index (χ2v) is 12.2. The summed E-state index contributed by atoms with van der Waals surface area (Å²) < 4.78 is 28.9. The summed E-state index contributed by atoms with van der Waals surface area (Å²) in [7, 11) is 8.54. The molecule has 5 heteroatoms. The molecule has 0 atom stereocenters. The van der Waals surface area contributed by atoms with Gasteiger partial charge in [-0.15, -0.1) is 0 Å². The molecule has 0 aliphatic rings. The van der Waals surface area contributed by atoms with Crippen LogP contribution in [0.4, 0.5) is 0 Å². The molecule has 8 aromatic carbocycles. The van der Waals surface area contributed by atoms with E-state index in [4.69, 9.17) is 23.7 Å². The maximum absolute atomic E-state index is 6.55. The zero-order chi connectivity index (χ0) is 34.4. The number of benzene rings is 8. The van der Waals surface area contributed by atoms with E-state index in [1.54, 1.807) is 35.5 Å². The summed E-state index contributed by atoms with van der Waals surface area (Å²) in [5.41, 5.74) is 8.49. The maximum Gasteiger partial charge on any atom is 0.135 e. The van der Waals surface area contributed by atoms with E-state index in [9.17, 15) is 0 Å². The van der Waals surface area contributed by atoms with Crippen molar-refractivity contribution < 1.29 is 23.7 Å². The normalized spacial score (nSPS) is 11.3. The molecule has 0 unspecified atom stereocenters. The number of ether oxygens (including phenoxy) is 5. The number of rotatable bonds is 9. The van der Waals surface area contributed by atoms with Crippen LogP contribution in [-0.2, 0) is 0 Å². The van der Waals surface area contributed by atoms with Gasteiger partial charge in [-0.1, -0.05) is 78.9 Å². The molecule has 0 saturated heterocycles. The van der Waals surface area contributed by atoms with E-state index >= 15 is 0 Å². The summed E-state index contributed by atoms with van der Waals surface area (Å²) in [6, 6.07) is 44.3. The van der Waals surface area contributed by atoms with Crippen molar-refractivity contribution in [3.8, 4) is 73.3 Å². The standard InChI is InChI=1S/C45H36O5/c1-46-32-18-9-28(10-19-32)38-36-8-6-7-27-17-26-37-40(29-11-20-33(47-2)21-12-29)45(50-5)42(31-15-24-35(49-4)25-16-31)44(43(37)39(27)36)41(38)30-13-22-34(48-3)23-14-30/h6-26H,1-5H3. The van der Waals surface area contributed by atoms with Crippen molar-refractivity contribution in [1.82, 2.24) is 0 Å². The molecule has 0 saturated carbocycles. The van der Waals surface area contributed by atoms with E-state index in [-0.39, 0.29) is 0 Å². The third-order valence-electron chi connectivity index (χ3n) is 9.76. The van der Waals surface area contributed by atoms with Gasteiger partial charge in [0, 0.05) is 16.5 Å². The average Bonchev–Trinajstić information content (AvgIpc) is 3.19. The molecule has 50 heavy (non-hydrogen) atoms. The predicted molar refractivity (Wildman–Crippen MR) is 205 cm³/mol. The lowest BCUT2D eigenvalue weighted by Gasteiger charge is -2.27. The molecule has 0 bridgehead atoms. The van der Waals surface area contributed by atoms with E-state index in [0.29, 0.717) is 0 Å². The first-order valence-electron chi connectivity index (χ1n) is 16.5. The van der Waals surface area contributed by atoms with Gasteiger partial charge in [0.1, 0.15) is 28.7 Å². The van der Waals surface area contributed by atoms with Gasteiger partial charge in [0.2, 0.25) is 0 Å². The second-order valence-electron chi connectivity index (χ2n) is 12.2. The molecule has 5 nitrogen and oxygen atoms in total. The van der Waals surface area contributed by atoms with Crippen LogP contribution in [-0.4, -0.2) is 35.5 Å². The zero-order valence-corrected chi connectivity index (χ0v) is 28.7. The van der Waals surface area contributed by atoms with Crippen molar-refractivity contribution in [2.75, 3.05) is 35.5 Å². The molecule has 0 amide bonds. The minimum atomic E-state index is 0.787. The topological polar surface area (TPSA) is 46.2 Å². The van der Waals surface area contributed by atoms with Gasteiger partial charge in [0.05, 0.1) is 35.5 Å². The fraction of sp³-hybridized carbons (Fsp3) is 0.111. The predicted octanol–water partition coefficient (Wildman–Crippen LogP) is 11.3. The van der Waals surface area contributed by atoms with Crippen LogP contribution in [0.25, 0.3) is 76.8 Å². The smallest absolute Gasteiger partial charge is 0.135 e. The Bertz CT molecular complexity index is 2460. The molecular formula is C45H36O5. The molecule has 8 rings (SSSR count). The summed E-state index contributed by atoms with van der Waals surface area (Å²) in [6.45, 7) is 0. The molecule has 0 aromatic heterocycles. The minimum absolute atomic E-state index is 0.787. The maximum atomic E-state index is 6.55. The lowest BCUT2D eigenvalue weighted by molar-refractivity contribution is 0.414. The van der Waals surface area contributed by atoms with Crippen LogP contribution in [0.3, 0.4) is 0 Å². The van der Waals surface area contributed by atoms with E-state index in [1.165, 1.54) is 21.5 Å². The lowest BCUT2D eigenvalue weighted by atomic mass is 9.78. The van der Waals surface area contributed by atoms with Crippen LogP contribution in [0.5, 0.6) is 28.7 Å². The Kier molecular flexibility index (Phi) is 7.88. The molecule has 0 aliphatic heterocycles. The van der Waals surface area contributed by atoms with Gasteiger partial charge in [-0.2, -0.15) is 0 Å². The van der Waals surface area contributed by atoms with Crippen molar-refractivity contribution in [1.29, 1.82) is 0 Å². The van der Waals surface area contributed by atoms with Gasteiger partial charge in [-0.25, -0.2) is 0 Å². The van der Waals surface area contributed by atoms with Crippen LogP contribution >= 0.6 is 0 Å². The van der Waals surface area contributed by atoms with Crippen LogP contribution in [0.2, 0.25) is 0 Å². The molecule has 0 radical (unpaired) electrons. The quantitative estimate of drug-likeness (QED) is 0.145. The van der Waals surface area contributed by atoms with Crippen molar-refractivity contribution in [3.63, 3.8) is 0 Å². The third-order valence-corrected chi connectivity index (χ3v) is 9.76. The highest BCUT2D eigenvalue weighted by molar-refractivity contribution is 6.36. The van der Waals surface area contributed by atoms with Crippen LogP contribution in [0.15, 0.2) is 127 Å². The second kappa shape index (κ2) is 12.7. The molecular weight excluding hydrogens is 620 g/mol. The molecule has 0 heterocycles. The van der Waals surface area contributed by atoms with Gasteiger partial charge in [-0.3, -0.25) is 0 Å². The van der Waals surface area contributed by atoms with Gasteiger partial charge in [0.25, 0.3) is 0 Å². The highest BCUT2D eigenvalue weighted by Gasteiger charge is 2.28. The molecule has 0 fully saturated rings. The van der Waals surface area contributed by atoms with Gasteiger partial charge in [-0.05, 0) is 109 Å². The number of methoxy groups -OCH3 is 5. The first-order valence-corrected chi connectivity index (χ1v) is 16.5. The van der Waals surface area contributed by atoms with Gasteiger partial charge in [0.15, 0.2) is 0 Å². The van der Waals surface area contributed by atoms with E-state index < -0.39 is 0 Å². The summed E-state index contributed by atoms with van der Waals surface area (Å²) in [5, 5.41) is 6.94. The Labute approximate surface area is 291 Å². The lowest BCUT2D eigenvalue weighted by Crippen LogP contribution is -2.01. The highest BCUT2D eigenvalue weighted by atomic mass is 16.5. The van der Waals surface area contributed by atoms with Crippen LogP contribution in [0.1, 0.15) is 0 Å². The van der Waals surface area contributed by atoms with Crippen molar-refractivity contribution in [3.05, 3.63) is 127 Å². The minimum Gasteiger partial charge on any atom is -0.497 e. The highest BCUT2D eigenvalue weighted by Crippen LogP contribution is 2.56. The fourth-order valence-corrected chi connectivity index (χ4v) is 7.44. The molecule has 0 N–H and O–H groups in total. The number of hydrogen-bond acceptors (Lipinski definition) is 5. The van der Waals surface area contributed by atoms with Gasteiger partial charge >= 0.3 is 0 Å². The van der Waals surface area contributed by atoms with Crippen molar-refractivity contribution >= 4 is 32.3 Å². The molecule has 0 aliphatic carbocycles. The largest absolute Gasteiger partial charge is 0.497 e. The Balaban J connectivity index is 1.65. The summed E-state index contributed by atoms with van der Waals surface area (Å²) in [6.07, 6.45) is 0.